The second-order valence-electron chi connectivity index (χ2n) is 5.61. The zero-order valence-corrected chi connectivity index (χ0v) is 12.9. The van der Waals surface area contributed by atoms with Crippen LogP contribution in [0.25, 0.3) is 0 Å². The highest BCUT2D eigenvalue weighted by molar-refractivity contribution is 5.99. The van der Waals surface area contributed by atoms with Crippen molar-refractivity contribution in [3.05, 3.63) is 23.8 Å². The highest BCUT2D eigenvalue weighted by Gasteiger charge is 2.18. The second kappa shape index (κ2) is 7.31. The van der Waals surface area contributed by atoms with Crippen molar-refractivity contribution < 1.29 is 9.53 Å². The molecule has 1 unspecified atom stereocenters. The third kappa shape index (κ3) is 4.11. The van der Waals surface area contributed by atoms with Gasteiger partial charge < -0.3 is 15.8 Å². The molecule has 1 fully saturated rings. The smallest absolute Gasteiger partial charge is 0.253 e. The fraction of sp³-hybridized carbons (Fsp3) is 0.562. The molecule has 1 aromatic rings. The summed E-state index contributed by atoms with van der Waals surface area (Å²) in [5.41, 5.74) is 6.84. The first-order valence-corrected chi connectivity index (χ1v) is 7.57. The number of nitrogens with zero attached hydrogens (tertiary/aromatic N) is 1. The van der Waals surface area contributed by atoms with Gasteiger partial charge in [0, 0.05) is 24.3 Å². The van der Waals surface area contributed by atoms with E-state index in [1.807, 2.05) is 0 Å². The van der Waals surface area contributed by atoms with Crippen LogP contribution in [0.1, 0.15) is 36.5 Å². The second-order valence-corrected chi connectivity index (χ2v) is 5.61. The summed E-state index contributed by atoms with van der Waals surface area (Å²) >= 11 is 0. The van der Waals surface area contributed by atoms with E-state index in [0.29, 0.717) is 29.6 Å². The molecule has 0 aromatic heterocycles. The number of rotatable bonds is 5. The van der Waals surface area contributed by atoms with Crippen molar-refractivity contribution in [2.75, 3.05) is 32.5 Å². The third-order valence-electron chi connectivity index (χ3n) is 4.08. The van der Waals surface area contributed by atoms with Crippen LogP contribution < -0.4 is 15.8 Å². The quantitative estimate of drug-likeness (QED) is 0.813. The first-order valence-electron chi connectivity index (χ1n) is 7.57. The van der Waals surface area contributed by atoms with Gasteiger partial charge in [-0.1, -0.05) is 6.42 Å². The van der Waals surface area contributed by atoms with E-state index in [-0.39, 0.29) is 5.91 Å². The van der Waals surface area contributed by atoms with Gasteiger partial charge in [-0.3, -0.25) is 9.69 Å². The van der Waals surface area contributed by atoms with Crippen LogP contribution in [0.2, 0.25) is 0 Å². The maximum atomic E-state index is 12.2. The normalized spacial score (nSPS) is 17.2. The molecule has 2 rings (SSSR count). The molecular formula is C16H25N3O2. The summed E-state index contributed by atoms with van der Waals surface area (Å²) in [6.07, 6.45) is 3.82. The highest BCUT2D eigenvalue weighted by Crippen LogP contribution is 2.19. The summed E-state index contributed by atoms with van der Waals surface area (Å²) in [5.74, 6) is 0.532. The topological polar surface area (TPSA) is 67.6 Å². The van der Waals surface area contributed by atoms with Crippen molar-refractivity contribution in [2.24, 2.45) is 0 Å². The lowest BCUT2D eigenvalue weighted by Gasteiger charge is -2.32. The molecular weight excluding hydrogens is 266 g/mol. The summed E-state index contributed by atoms with van der Waals surface area (Å²) in [6, 6.07) is 5.48. The van der Waals surface area contributed by atoms with Crippen LogP contribution in [0, 0.1) is 0 Å². The zero-order valence-electron chi connectivity index (χ0n) is 12.9. The summed E-state index contributed by atoms with van der Waals surface area (Å²) in [7, 11) is 1.58. The Bertz CT molecular complexity index is 484. The Morgan fingerprint density at radius 3 is 2.71 bits per heavy atom. The zero-order chi connectivity index (χ0) is 15.2. The van der Waals surface area contributed by atoms with Gasteiger partial charge in [0.05, 0.1) is 12.7 Å². The van der Waals surface area contributed by atoms with E-state index in [9.17, 15) is 4.79 Å². The van der Waals surface area contributed by atoms with Gasteiger partial charge in [-0.2, -0.15) is 0 Å². The van der Waals surface area contributed by atoms with Crippen molar-refractivity contribution in [3.63, 3.8) is 0 Å². The molecule has 5 heteroatoms. The van der Waals surface area contributed by atoms with Gasteiger partial charge >= 0.3 is 0 Å². The molecule has 21 heavy (non-hydrogen) atoms. The molecule has 0 aliphatic carbocycles. The van der Waals surface area contributed by atoms with Gasteiger partial charge in [0.25, 0.3) is 5.91 Å². The highest BCUT2D eigenvalue weighted by atomic mass is 16.5. The molecule has 3 N–H and O–H groups in total. The van der Waals surface area contributed by atoms with E-state index in [2.05, 4.69) is 17.1 Å². The molecule has 0 saturated carbocycles. The molecule has 1 atom stereocenters. The number of piperidine rings is 1. The van der Waals surface area contributed by atoms with E-state index in [1.165, 1.54) is 19.3 Å². The molecule has 1 saturated heterocycles. The molecule has 116 valence electrons. The summed E-state index contributed by atoms with van der Waals surface area (Å²) in [4.78, 5) is 14.6. The Balaban J connectivity index is 1.89. The van der Waals surface area contributed by atoms with E-state index < -0.39 is 0 Å². The van der Waals surface area contributed by atoms with Crippen molar-refractivity contribution in [2.45, 2.75) is 32.2 Å². The molecule has 0 bridgehead atoms. The number of methoxy groups -OCH3 is 1. The first-order chi connectivity index (χ1) is 10.1. The number of likely N-dealkylation sites (tertiary alicyclic amines) is 1. The number of hydrogen-bond acceptors (Lipinski definition) is 4. The number of nitrogen functional groups attached to an aromatic ring is 1. The van der Waals surface area contributed by atoms with E-state index in [1.54, 1.807) is 25.3 Å². The van der Waals surface area contributed by atoms with Crippen LogP contribution in [0.15, 0.2) is 18.2 Å². The van der Waals surface area contributed by atoms with Gasteiger partial charge in [0.15, 0.2) is 0 Å². The van der Waals surface area contributed by atoms with Crippen molar-refractivity contribution in [1.29, 1.82) is 0 Å². The molecule has 1 aromatic carbocycles. The average molecular weight is 291 g/mol. The number of amides is 1. The van der Waals surface area contributed by atoms with Crippen LogP contribution in [0.5, 0.6) is 5.75 Å². The molecule has 1 heterocycles. The van der Waals surface area contributed by atoms with Gasteiger partial charge in [-0.15, -0.1) is 0 Å². The summed E-state index contributed by atoms with van der Waals surface area (Å²) in [5, 5.41) is 2.97. The van der Waals surface area contributed by atoms with Crippen molar-refractivity contribution >= 4 is 11.6 Å². The minimum atomic E-state index is -0.126. The number of carbonyl (C=O) groups is 1. The monoisotopic (exact) mass is 291 g/mol. The maximum absolute atomic E-state index is 12.2. The maximum Gasteiger partial charge on any atom is 0.253 e. The van der Waals surface area contributed by atoms with Crippen molar-refractivity contribution in [1.82, 2.24) is 10.2 Å². The number of nitrogens with one attached hydrogen (secondary N) is 1. The fourth-order valence-electron chi connectivity index (χ4n) is 2.70. The minimum absolute atomic E-state index is 0.126. The van der Waals surface area contributed by atoms with Crippen LogP contribution in [0.4, 0.5) is 5.69 Å². The Labute approximate surface area is 126 Å². The number of carbonyl (C=O) groups excluding carboxylic acids is 1. The molecule has 0 radical (unpaired) electrons. The molecule has 0 spiro atoms. The van der Waals surface area contributed by atoms with Gasteiger partial charge in [0.1, 0.15) is 5.75 Å². The van der Waals surface area contributed by atoms with E-state index in [4.69, 9.17) is 10.5 Å². The number of anilines is 1. The van der Waals surface area contributed by atoms with Gasteiger partial charge in [-0.05, 0) is 45.0 Å². The van der Waals surface area contributed by atoms with Crippen LogP contribution in [0.3, 0.4) is 0 Å². The summed E-state index contributed by atoms with van der Waals surface area (Å²) < 4.78 is 5.09. The minimum Gasteiger partial charge on any atom is -0.497 e. The lowest BCUT2D eigenvalue weighted by Crippen LogP contribution is -2.44. The lowest BCUT2D eigenvalue weighted by molar-refractivity contribution is 0.0931. The molecule has 1 aliphatic heterocycles. The number of benzene rings is 1. The van der Waals surface area contributed by atoms with E-state index in [0.717, 1.165) is 13.1 Å². The predicted octanol–water partition coefficient (Wildman–Crippen LogP) is 1.88. The number of hydrogen-bond donors (Lipinski definition) is 2. The van der Waals surface area contributed by atoms with Crippen molar-refractivity contribution in [3.8, 4) is 5.75 Å². The Morgan fingerprint density at radius 1 is 1.38 bits per heavy atom. The summed E-state index contributed by atoms with van der Waals surface area (Å²) in [6.45, 7) is 5.05. The lowest BCUT2D eigenvalue weighted by atomic mass is 10.1. The Kier molecular flexibility index (Phi) is 5.44. The first kappa shape index (κ1) is 15.6. The standard InChI is InChI=1S/C16H25N3O2/c1-12(19-8-4-3-5-9-19)11-18-16(20)14-7-6-13(21-2)10-15(14)17/h6-7,10,12H,3-5,8-9,11,17H2,1-2H3,(H,18,20). The van der Waals surface area contributed by atoms with Gasteiger partial charge in [-0.25, -0.2) is 0 Å². The Morgan fingerprint density at radius 2 is 2.10 bits per heavy atom. The van der Waals surface area contributed by atoms with E-state index >= 15 is 0 Å². The molecule has 1 amide bonds. The molecule has 1 aliphatic rings. The Hall–Kier alpha value is -1.75. The van der Waals surface area contributed by atoms with Gasteiger partial charge in [0.2, 0.25) is 0 Å². The average Bonchev–Trinajstić information content (AvgIpc) is 2.52. The fourth-order valence-corrected chi connectivity index (χ4v) is 2.70. The SMILES string of the molecule is COc1ccc(C(=O)NCC(C)N2CCCCC2)c(N)c1. The molecule has 5 nitrogen and oxygen atoms in total. The largest absolute Gasteiger partial charge is 0.497 e. The third-order valence-corrected chi connectivity index (χ3v) is 4.08. The number of ether oxygens (including phenoxy) is 1. The van der Waals surface area contributed by atoms with Crippen LogP contribution >= 0.6 is 0 Å². The van der Waals surface area contributed by atoms with Crippen LogP contribution in [-0.4, -0.2) is 43.6 Å². The predicted molar refractivity (Wildman–Crippen MR) is 84.6 cm³/mol. The number of nitrogens with two attached hydrogens (primary N) is 1. The van der Waals surface area contributed by atoms with Crippen LogP contribution in [-0.2, 0) is 0 Å².